The van der Waals surface area contributed by atoms with Gasteiger partial charge in [-0.1, -0.05) is 28.1 Å². The van der Waals surface area contributed by atoms with Gasteiger partial charge in [-0.15, -0.1) is 0 Å². The van der Waals surface area contributed by atoms with Crippen molar-refractivity contribution < 1.29 is 19.4 Å². The molecule has 1 amide bonds. The number of rotatable bonds is 4. The lowest BCUT2D eigenvalue weighted by Gasteiger charge is -2.24. The third-order valence-corrected chi connectivity index (χ3v) is 6.08. The smallest absolute Gasteiger partial charge is 0.300 e. The maximum absolute atomic E-state index is 13.1. The minimum Gasteiger partial charge on any atom is -0.507 e. The molecule has 0 bridgehead atoms. The van der Waals surface area contributed by atoms with E-state index in [0.29, 0.717) is 22.7 Å². The number of carbonyl (C=O) groups excluding carboxylic acids is 2. The number of carbonyl (C=O) groups is 2. The molecule has 1 unspecified atom stereocenters. The van der Waals surface area contributed by atoms with Crippen molar-refractivity contribution in [2.75, 3.05) is 12.0 Å². The molecule has 1 N–H and O–H groups in total. The van der Waals surface area contributed by atoms with Crippen molar-refractivity contribution in [3.05, 3.63) is 93.7 Å². The summed E-state index contributed by atoms with van der Waals surface area (Å²) in [6.07, 6.45) is 1.59. The number of ketones is 1. The number of anilines is 1. The van der Waals surface area contributed by atoms with Gasteiger partial charge < -0.3 is 9.84 Å². The summed E-state index contributed by atoms with van der Waals surface area (Å²) in [6, 6.07) is 16.5. The summed E-state index contributed by atoms with van der Waals surface area (Å²) in [7, 11) is 1.55. The van der Waals surface area contributed by atoms with Crippen molar-refractivity contribution in [1.82, 2.24) is 4.98 Å². The number of nitrogens with zero attached hydrogens (tertiary/aromatic N) is 2. The Balaban J connectivity index is 1.92. The van der Waals surface area contributed by atoms with Crippen LogP contribution >= 0.6 is 15.9 Å². The van der Waals surface area contributed by atoms with E-state index in [9.17, 15) is 14.7 Å². The molecule has 2 heterocycles. The van der Waals surface area contributed by atoms with Gasteiger partial charge in [0.25, 0.3) is 11.7 Å². The summed E-state index contributed by atoms with van der Waals surface area (Å²) in [5.74, 6) is -1.10. The van der Waals surface area contributed by atoms with Gasteiger partial charge in [0.15, 0.2) is 0 Å². The van der Waals surface area contributed by atoms with Crippen LogP contribution in [0.15, 0.2) is 76.9 Å². The summed E-state index contributed by atoms with van der Waals surface area (Å²) >= 11 is 3.44. The first-order chi connectivity index (χ1) is 14.9. The molecular weight excluding hydrogens is 460 g/mol. The number of hydrogen-bond acceptors (Lipinski definition) is 5. The zero-order valence-corrected chi connectivity index (χ0v) is 18.5. The maximum Gasteiger partial charge on any atom is 0.300 e. The Morgan fingerprint density at radius 1 is 1.10 bits per heavy atom. The maximum atomic E-state index is 13.1. The van der Waals surface area contributed by atoms with Crippen molar-refractivity contribution in [3.63, 3.8) is 0 Å². The highest BCUT2D eigenvalue weighted by Gasteiger charge is 2.47. The lowest BCUT2D eigenvalue weighted by Crippen LogP contribution is -2.29. The Labute approximate surface area is 187 Å². The number of ether oxygens (including phenoxy) is 1. The van der Waals surface area contributed by atoms with Gasteiger partial charge in [0, 0.05) is 21.9 Å². The molecule has 1 aliphatic heterocycles. The van der Waals surface area contributed by atoms with Crippen LogP contribution in [-0.4, -0.2) is 28.9 Å². The molecule has 1 fully saturated rings. The van der Waals surface area contributed by atoms with E-state index < -0.39 is 17.7 Å². The van der Waals surface area contributed by atoms with Gasteiger partial charge in [-0.25, -0.2) is 0 Å². The number of aliphatic hydroxyl groups excluding tert-OH is 1. The zero-order chi connectivity index (χ0) is 22.1. The number of amides is 1. The number of Topliss-reactive ketones (excluding diaryl/α,β-unsaturated/α-hetero) is 1. The van der Waals surface area contributed by atoms with Crippen LogP contribution in [0.1, 0.15) is 22.9 Å². The van der Waals surface area contributed by atoms with Crippen LogP contribution in [0.3, 0.4) is 0 Å². The molecule has 0 saturated carbocycles. The van der Waals surface area contributed by atoms with Gasteiger partial charge in [-0.05, 0) is 61.0 Å². The van der Waals surface area contributed by atoms with Crippen LogP contribution in [0.2, 0.25) is 0 Å². The first-order valence-corrected chi connectivity index (χ1v) is 10.3. The standard InChI is InChI=1S/C24H19BrN2O4/c1-14-13-15(6-11-18(14)25)22(28)20-21(19-5-3-4-12-26-19)27(24(30)23(20)29)16-7-9-17(31-2)10-8-16/h3-13,21,28H,1-2H3/b22-20-. The van der Waals surface area contributed by atoms with Gasteiger partial charge in [-0.3, -0.25) is 19.5 Å². The molecule has 0 aliphatic carbocycles. The molecule has 31 heavy (non-hydrogen) atoms. The molecule has 0 radical (unpaired) electrons. The molecule has 7 heteroatoms. The largest absolute Gasteiger partial charge is 0.507 e. The van der Waals surface area contributed by atoms with Gasteiger partial charge in [0.2, 0.25) is 0 Å². The van der Waals surface area contributed by atoms with Crippen LogP contribution in [0, 0.1) is 6.92 Å². The molecular formula is C24H19BrN2O4. The lowest BCUT2D eigenvalue weighted by molar-refractivity contribution is -0.132. The summed E-state index contributed by atoms with van der Waals surface area (Å²) in [4.78, 5) is 31.9. The van der Waals surface area contributed by atoms with Crippen molar-refractivity contribution in [2.24, 2.45) is 0 Å². The summed E-state index contributed by atoms with van der Waals surface area (Å²) in [6.45, 7) is 1.88. The molecule has 1 aromatic heterocycles. The van der Waals surface area contributed by atoms with Crippen molar-refractivity contribution >= 4 is 39.1 Å². The van der Waals surface area contributed by atoms with Crippen LogP contribution in [-0.2, 0) is 9.59 Å². The van der Waals surface area contributed by atoms with E-state index in [2.05, 4.69) is 20.9 Å². The topological polar surface area (TPSA) is 79.7 Å². The summed E-state index contributed by atoms with van der Waals surface area (Å²) < 4.78 is 6.07. The summed E-state index contributed by atoms with van der Waals surface area (Å²) in [5, 5.41) is 11.1. The number of aliphatic hydroxyl groups is 1. The van der Waals surface area contributed by atoms with Gasteiger partial charge in [-0.2, -0.15) is 0 Å². The molecule has 2 aromatic carbocycles. The highest BCUT2D eigenvalue weighted by atomic mass is 79.9. The highest BCUT2D eigenvalue weighted by molar-refractivity contribution is 9.10. The molecule has 1 saturated heterocycles. The van der Waals surface area contributed by atoms with Crippen LogP contribution in [0.5, 0.6) is 5.75 Å². The van der Waals surface area contributed by atoms with Crippen LogP contribution in [0.25, 0.3) is 5.76 Å². The predicted molar refractivity (Wildman–Crippen MR) is 121 cm³/mol. The average molecular weight is 479 g/mol. The minimum atomic E-state index is -0.862. The SMILES string of the molecule is COc1ccc(N2C(=O)C(=O)/C(=C(\O)c3ccc(Br)c(C)c3)C2c2ccccn2)cc1. The van der Waals surface area contributed by atoms with Crippen LogP contribution in [0.4, 0.5) is 5.69 Å². The Hall–Kier alpha value is -3.45. The number of aromatic nitrogens is 1. The molecule has 156 valence electrons. The Bertz CT molecular complexity index is 1190. The molecule has 6 nitrogen and oxygen atoms in total. The number of benzene rings is 2. The average Bonchev–Trinajstić information content (AvgIpc) is 3.06. The van der Waals surface area contributed by atoms with Gasteiger partial charge in [0.1, 0.15) is 17.6 Å². The number of pyridine rings is 1. The van der Waals surface area contributed by atoms with E-state index in [1.807, 2.05) is 6.92 Å². The lowest BCUT2D eigenvalue weighted by atomic mass is 9.97. The van der Waals surface area contributed by atoms with E-state index >= 15 is 0 Å². The number of hydrogen-bond donors (Lipinski definition) is 1. The van der Waals surface area contributed by atoms with E-state index in [1.54, 1.807) is 74.0 Å². The minimum absolute atomic E-state index is 0.00115. The van der Waals surface area contributed by atoms with Gasteiger partial charge in [0.05, 0.1) is 18.4 Å². The summed E-state index contributed by atoms with van der Waals surface area (Å²) in [5.41, 5.74) is 2.33. The second-order valence-electron chi connectivity index (χ2n) is 7.09. The van der Waals surface area contributed by atoms with Crippen LogP contribution < -0.4 is 9.64 Å². The molecule has 0 spiro atoms. The molecule has 1 aliphatic rings. The van der Waals surface area contributed by atoms with E-state index in [0.717, 1.165) is 10.0 Å². The molecule has 1 atom stereocenters. The van der Waals surface area contributed by atoms with Crippen molar-refractivity contribution in [1.29, 1.82) is 0 Å². The fourth-order valence-electron chi connectivity index (χ4n) is 3.61. The fraction of sp³-hybridized carbons (Fsp3) is 0.125. The Morgan fingerprint density at radius 2 is 1.84 bits per heavy atom. The quantitative estimate of drug-likeness (QED) is 0.331. The van der Waals surface area contributed by atoms with Crippen molar-refractivity contribution in [3.8, 4) is 5.75 Å². The Kier molecular flexibility index (Phi) is 5.61. The van der Waals surface area contributed by atoms with E-state index in [-0.39, 0.29) is 11.3 Å². The normalized spacial score (nSPS) is 17.8. The Morgan fingerprint density at radius 3 is 2.45 bits per heavy atom. The fourth-order valence-corrected chi connectivity index (χ4v) is 3.85. The van der Waals surface area contributed by atoms with E-state index in [1.165, 1.54) is 4.90 Å². The number of halogens is 1. The highest BCUT2D eigenvalue weighted by Crippen LogP contribution is 2.42. The van der Waals surface area contributed by atoms with Gasteiger partial charge >= 0.3 is 0 Å². The second-order valence-corrected chi connectivity index (χ2v) is 7.94. The predicted octanol–water partition coefficient (Wildman–Crippen LogP) is 4.79. The third kappa shape index (κ3) is 3.72. The second kappa shape index (κ2) is 8.35. The first-order valence-electron chi connectivity index (χ1n) is 9.55. The van der Waals surface area contributed by atoms with Crippen molar-refractivity contribution in [2.45, 2.75) is 13.0 Å². The number of methoxy groups -OCH3 is 1. The van der Waals surface area contributed by atoms with E-state index in [4.69, 9.17) is 4.74 Å². The monoisotopic (exact) mass is 478 g/mol. The molecule has 4 rings (SSSR count). The first kappa shape index (κ1) is 20.8. The zero-order valence-electron chi connectivity index (χ0n) is 16.9. The molecule has 3 aromatic rings. The number of aryl methyl sites for hydroxylation is 1. The third-order valence-electron chi connectivity index (χ3n) is 5.19.